The van der Waals surface area contributed by atoms with Gasteiger partial charge in [-0.3, -0.25) is 4.79 Å². The number of hydrogen-bond acceptors (Lipinski definition) is 3. The Kier molecular flexibility index (Phi) is 4.97. The van der Waals surface area contributed by atoms with Gasteiger partial charge in [0.25, 0.3) is 0 Å². The van der Waals surface area contributed by atoms with Crippen LogP contribution in [0.15, 0.2) is 53.9 Å². The van der Waals surface area contributed by atoms with E-state index in [1.165, 1.54) is 17.4 Å². The standard InChI is InChI=1S/C19H14ClFO2S/c1-2-23-17-8-6-12(13-5-7-16(21)15(20)11-13)10-14(17)19(22)18-4-3-9-24-18/h3-11H,2H2,1H3. The van der Waals surface area contributed by atoms with Crippen molar-refractivity contribution in [3.05, 3.63) is 75.2 Å². The molecular formula is C19H14ClFO2S. The van der Waals surface area contributed by atoms with Crippen molar-refractivity contribution in [2.75, 3.05) is 6.61 Å². The molecule has 0 fully saturated rings. The van der Waals surface area contributed by atoms with Crippen LogP contribution in [0.25, 0.3) is 11.1 Å². The smallest absolute Gasteiger partial charge is 0.206 e. The van der Waals surface area contributed by atoms with Gasteiger partial charge in [-0.15, -0.1) is 11.3 Å². The molecule has 1 heterocycles. The number of carbonyl (C=O) groups is 1. The molecule has 0 spiro atoms. The molecule has 0 aliphatic rings. The number of ketones is 1. The molecule has 0 saturated carbocycles. The van der Waals surface area contributed by atoms with E-state index in [0.717, 1.165) is 11.1 Å². The van der Waals surface area contributed by atoms with E-state index in [-0.39, 0.29) is 10.8 Å². The molecule has 0 atom stereocenters. The van der Waals surface area contributed by atoms with Crippen molar-refractivity contribution < 1.29 is 13.9 Å². The largest absolute Gasteiger partial charge is 0.493 e. The highest BCUT2D eigenvalue weighted by atomic mass is 35.5. The lowest BCUT2D eigenvalue weighted by atomic mass is 9.99. The van der Waals surface area contributed by atoms with Crippen LogP contribution in [0.4, 0.5) is 4.39 Å². The van der Waals surface area contributed by atoms with Gasteiger partial charge in [-0.1, -0.05) is 29.8 Å². The van der Waals surface area contributed by atoms with Gasteiger partial charge >= 0.3 is 0 Å². The first-order valence-corrected chi connectivity index (χ1v) is 8.66. The minimum absolute atomic E-state index is 0.0486. The zero-order valence-electron chi connectivity index (χ0n) is 12.9. The minimum atomic E-state index is -0.471. The molecule has 24 heavy (non-hydrogen) atoms. The van der Waals surface area contributed by atoms with E-state index in [1.807, 2.05) is 24.4 Å². The fraction of sp³-hybridized carbons (Fsp3) is 0.105. The Labute approximate surface area is 148 Å². The first kappa shape index (κ1) is 16.7. The average Bonchev–Trinajstić information content (AvgIpc) is 3.12. The molecule has 0 radical (unpaired) electrons. The summed E-state index contributed by atoms with van der Waals surface area (Å²) in [6.45, 7) is 2.33. The van der Waals surface area contributed by atoms with E-state index in [2.05, 4.69) is 0 Å². The zero-order chi connectivity index (χ0) is 17.1. The molecule has 0 amide bonds. The third kappa shape index (κ3) is 3.35. The highest BCUT2D eigenvalue weighted by Gasteiger charge is 2.17. The maximum atomic E-state index is 13.4. The van der Waals surface area contributed by atoms with Gasteiger partial charge in [0.2, 0.25) is 5.78 Å². The molecule has 3 aromatic rings. The van der Waals surface area contributed by atoms with Gasteiger partial charge in [0, 0.05) is 0 Å². The van der Waals surface area contributed by atoms with Gasteiger partial charge < -0.3 is 4.74 Å². The summed E-state index contributed by atoms with van der Waals surface area (Å²) in [5.41, 5.74) is 2.00. The van der Waals surface area contributed by atoms with E-state index in [1.54, 1.807) is 30.3 Å². The number of rotatable bonds is 5. The van der Waals surface area contributed by atoms with E-state index in [0.29, 0.717) is 22.8 Å². The number of ether oxygens (including phenoxy) is 1. The molecule has 0 bridgehead atoms. The van der Waals surface area contributed by atoms with E-state index in [9.17, 15) is 9.18 Å². The Bertz CT molecular complexity index is 875. The fourth-order valence-corrected chi connectivity index (χ4v) is 3.24. The molecular weight excluding hydrogens is 347 g/mol. The van der Waals surface area contributed by atoms with E-state index < -0.39 is 5.82 Å². The summed E-state index contributed by atoms with van der Waals surface area (Å²) in [6.07, 6.45) is 0. The highest BCUT2D eigenvalue weighted by molar-refractivity contribution is 7.12. The SMILES string of the molecule is CCOc1ccc(-c2ccc(F)c(Cl)c2)cc1C(=O)c1cccs1. The molecule has 122 valence electrons. The minimum Gasteiger partial charge on any atom is -0.493 e. The lowest BCUT2D eigenvalue weighted by Crippen LogP contribution is -2.04. The van der Waals surface area contributed by atoms with Gasteiger partial charge in [0.1, 0.15) is 11.6 Å². The van der Waals surface area contributed by atoms with Crippen molar-refractivity contribution in [3.63, 3.8) is 0 Å². The maximum absolute atomic E-state index is 13.4. The van der Waals surface area contributed by atoms with Crippen molar-refractivity contribution >= 4 is 28.7 Å². The Hall–Kier alpha value is -2.17. The summed E-state index contributed by atoms with van der Waals surface area (Å²) >= 11 is 7.25. The van der Waals surface area contributed by atoms with Crippen LogP contribution >= 0.6 is 22.9 Å². The number of halogens is 2. The highest BCUT2D eigenvalue weighted by Crippen LogP contribution is 2.31. The fourth-order valence-electron chi connectivity index (χ4n) is 2.38. The molecule has 1 aromatic heterocycles. The summed E-state index contributed by atoms with van der Waals surface area (Å²) in [7, 11) is 0. The molecule has 2 aromatic carbocycles. The molecule has 0 saturated heterocycles. The van der Waals surface area contributed by atoms with Crippen LogP contribution in [0, 0.1) is 5.82 Å². The third-order valence-corrected chi connectivity index (χ3v) is 4.68. The first-order chi connectivity index (χ1) is 11.6. The summed E-state index contributed by atoms with van der Waals surface area (Å²) in [5.74, 6) is -0.0300. The van der Waals surface area contributed by atoms with Crippen LogP contribution in [-0.2, 0) is 0 Å². The van der Waals surface area contributed by atoms with Gasteiger partial charge in [-0.05, 0) is 53.8 Å². The first-order valence-electron chi connectivity index (χ1n) is 7.40. The van der Waals surface area contributed by atoms with Crippen LogP contribution < -0.4 is 4.74 Å². The molecule has 2 nitrogen and oxygen atoms in total. The number of carbonyl (C=O) groups excluding carboxylic acids is 1. The van der Waals surface area contributed by atoms with Crippen molar-refractivity contribution in [1.29, 1.82) is 0 Å². The Morgan fingerprint density at radius 1 is 1.17 bits per heavy atom. The van der Waals surface area contributed by atoms with Gasteiger partial charge in [0.15, 0.2) is 0 Å². The molecule has 0 unspecified atom stereocenters. The summed E-state index contributed by atoms with van der Waals surface area (Å²) < 4.78 is 19.0. The summed E-state index contributed by atoms with van der Waals surface area (Å²) in [6, 6.07) is 13.5. The van der Waals surface area contributed by atoms with Crippen molar-refractivity contribution in [2.24, 2.45) is 0 Å². The number of hydrogen-bond donors (Lipinski definition) is 0. The molecule has 0 N–H and O–H groups in total. The van der Waals surface area contributed by atoms with Crippen molar-refractivity contribution in [3.8, 4) is 16.9 Å². The van der Waals surface area contributed by atoms with E-state index >= 15 is 0 Å². The quantitative estimate of drug-likeness (QED) is 0.534. The second-order valence-corrected chi connectivity index (χ2v) is 6.43. The Balaban J connectivity index is 2.08. The maximum Gasteiger partial charge on any atom is 0.206 e. The second-order valence-electron chi connectivity index (χ2n) is 5.08. The van der Waals surface area contributed by atoms with Gasteiger partial charge in [0.05, 0.1) is 22.1 Å². The van der Waals surface area contributed by atoms with Crippen LogP contribution in [-0.4, -0.2) is 12.4 Å². The van der Waals surface area contributed by atoms with Crippen molar-refractivity contribution in [1.82, 2.24) is 0 Å². The Morgan fingerprint density at radius 2 is 1.92 bits per heavy atom. The summed E-state index contributed by atoms with van der Waals surface area (Å²) in [5, 5.41) is 1.91. The zero-order valence-corrected chi connectivity index (χ0v) is 14.5. The lowest BCUT2D eigenvalue weighted by Gasteiger charge is -2.11. The van der Waals surface area contributed by atoms with Crippen LogP contribution in [0.2, 0.25) is 5.02 Å². The topological polar surface area (TPSA) is 26.3 Å². The predicted molar refractivity (Wildman–Crippen MR) is 95.8 cm³/mol. The Morgan fingerprint density at radius 3 is 2.58 bits per heavy atom. The van der Waals surface area contributed by atoms with Crippen LogP contribution in [0.1, 0.15) is 22.2 Å². The normalized spacial score (nSPS) is 10.6. The lowest BCUT2D eigenvalue weighted by molar-refractivity contribution is 0.103. The monoisotopic (exact) mass is 360 g/mol. The average molecular weight is 361 g/mol. The predicted octanol–water partition coefficient (Wildman–Crippen LogP) is 5.84. The van der Waals surface area contributed by atoms with Gasteiger partial charge in [-0.25, -0.2) is 4.39 Å². The van der Waals surface area contributed by atoms with Crippen LogP contribution in [0.3, 0.4) is 0 Å². The second kappa shape index (κ2) is 7.16. The molecule has 5 heteroatoms. The molecule has 0 aliphatic heterocycles. The number of benzene rings is 2. The third-order valence-electron chi connectivity index (χ3n) is 3.52. The number of thiophene rings is 1. The van der Waals surface area contributed by atoms with Crippen LogP contribution in [0.5, 0.6) is 5.75 Å². The van der Waals surface area contributed by atoms with E-state index in [4.69, 9.17) is 16.3 Å². The van der Waals surface area contributed by atoms with Gasteiger partial charge in [-0.2, -0.15) is 0 Å². The molecule has 3 rings (SSSR count). The van der Waals surface area contributed by atoms with Crippen molar-refractivity contribution in [2.45, 2.75) is 6.92 Å². The molecule has 0 aliphatic carbocycles. The summed E-state index contributed by atoms with van der Waals surface area (Å²) in [4.78, 5) is 13.4.